The zero-order valence-corrected chi connectivity index (χ0v) is 18.8. The Morgan fingerprint density at radius 1 is 1.20 bits per heavy atom. The Labute approximate surface area is 183 Å². The molecule has 0 aliphatic heterocycles. The third-order valence-corrected chi connectivity index (χ3v) is 5.50. The normalized spacial score (nSPS) is 11.2. The van der Waals surface area contributed by atoms with Gasteiger partial charge in [-0.15, -0.1) is 0 Å². The van der Waals surface area contributed by atoms with Gasteiger partial charge in [-0.05, 0) is 52.2 Å². The van der Waals surface area contributed by atoms with Gasteiger partial charge in [0.25, 0.3) is 5.91 Å². The van der Waals surface area contributed by atoms with Crippen LogP contribution in [-0.2, 0) is 16.4 Å². The minimum absolute atomic E-state index is 0.246. The molecule has 3 N–H and O–H groups in total. The second-order valence-electron chi connectivity index (χ2n) is 6.59. The van der Waals surface area contributed by atoms with E-state index >= 15 is 0 Å². The van der Waals surface area contributed by atoms with Crippen molar-refractivity contribution in [1.29, 1.82) is 0 Å². The summed E-state index contributed by atoms with van der Waals surface area (Å²) in [4.78, 5) is 12.6. The number of hydrogen-bond acceptors (Lipinski definition) is 5. The number of ether oxygens (including phenoxy) is 1. The molecule has 0 unspecified atom stereocenters. The summed E-state index contributed by atoms with van der Waals surface area (Å²) in [7, 11) is -1.74. The lowest BCUT2D eigenvalue weighted by atomic mass is 10.1. The van der Waals surface area contributed by atoms with Crippen LogP contribution in [0.15, 0.2) is 53.1 Å². The van der Waals surface area contributed by atoms with Gasteiger partial charge in [0.2, 0.25) is 10.0 Å². The van der Waals surface area contributed by atoms with Crippen molar-refractivity contribution in [3.05, 3.63) is 64.3 Å². The van der Waals surface area contributed by atoms with E-state index in [0.717, 1.165) is 27.6 Å². The minimum atomic E-state index is -3.35. The number of aromatic nitrogens is 2. The number of nitrogens with one attached hydrogen (secondary N) is 3. The number of carbonyl (C=O) groups is 1. The van der Waals surface area contributed by atoms with Gasteiger partial charge in [-0.1, -0.05) is 18.2 Å². The summed E-state index contributed by atoms with van der Waals surface area (Å²) >= 11 is 3.45. The molecule has 0 spiro atoms. The molecule has 1 amide bonds. The van der Waals surface area contributed by atoms with Crippen LogP contribution in [0.1, 0.15) is 15.9 Å². The van der Waals surface area contributed by atoms with Gasteiger partial charge in [0.1, 0.15) is 5.75 Å². The van der Waals surface area contributed by atoms with E-state index in [0.29, 0.717) is 29.9 Å². The van der Waals surface area contributed by atoms with Crippen molar-refractivity contribution in [2.24, 2.45) is 0 Å². The molecule has 0 aliphatic rings. The van der Waals surface area contributed by atoms with E-state index in [4.69, 9.17) is 4.74 Å². The highest BCUT2D eigenvalue weighted by atomic mass is 79.9. The van der Waals surface area contributed by atoms with Gasteiger partial charge in [0.05, 0.1) is 35.3 Å². The molecule has 3 rings (SSSR count). The molecule has 10 heteroatoms. The largest absolute Gasteiger partial charge is 0.496 e. The topological polar surface area (TPSA) is 113 Å². The number of rotatable bonds is 8. The molecule has 0 fully saturated rings. The lowest BCUT2D eigenvalue weighted by Crippen LogP contribution is -2.25. The zero-order valence-electron chi connectivity index (χ0n) is 16.4. The number of carbonyl (C=O) groups excluding carboxylic acids is 1. The maximum absolute atomic E-state index is 12.6. The van der Waals surface area contributed by atoms with E-state index in [1.54, 1.807) is 31.4 Å². The first kappa shape index (κ1) is 21.8. The van der Waals surface area contributed by atoms with Crippen LogP contribution in [0.3, 0.4) is 0 Å². The fourth-order valence-electron chi connectivity index (χ4n) is 2.88. The van der Waals surface area contributed by atoms with Crippen LogP contribution in [0.2, 0.25) is 0 Å². The Balaban J connectivity index is 1.64. The summed E-state index contributed by atoms with van der Waals surface area (Å²) in [6.45, 7) is 0.458. The standard InChI is InChI=1S/C20H21BrN4O4S/c1-29-18-8-3-13(11-17(18)21)9-10-22-20(26)16-12-23-24-19(16)14-4-6-15(7-5-14)25-30(2,27)28/h3-8,11-12,25H,9-10H2,1-2H3,(H,22,26)(H,23,24). The summed E-state index contributed by atoms with van der Waals surface area (Å²) in [6.07, 6.45) is 3.22. The molecule has 0 atom stereocenters. The van der Waals surface area contributed by atoms with Gasteiger partial charge in [-0.2, -0.15) is 5.10 Å². The molecule has 0 saturated carbocycles. The molecule has 1 heterocycles. The first-order valence-corrected chi connectivity index (χ1v) is 11.7. The van der Waals surface area contributed by atoms with E-state index < -0.39 is 10.0 Å². The number of nitrogens with zero attached hydrogens (tertiary/aromatic N) is 1. The van der Waals surface area contributed by atoms with Gasteiger partial charge in [0.15, 0.2) is 0 Å². The molecule has 8 nitrogen and oxygen atoms in total. The highest BCUT2D eigenvalue weighted by molar-refractivity contribution is 9.10. The molecule has 3 aromatic rings. The molecule has 0 saturated heterocycles. The third kappa shape index (κ3) is 5.61. The van der Waals surface area contributed by atoms with E-state index in [2.05, 4.69) is 36.2 Å². The van der Waals surface area contributed by atoms with E-state index in [-0.39, 0.29) is 5.91 Å². The van der Waals surface area contributed by atoms with Crippen molar-refractivity contribution in [3.63, 3.8) is 0 Å². The fourth-order valence-corrected chi connectivity index (χ4v) is 4.03. The first-order valence-electron chi connectivity index (χ1n) is 8.99. The second kappa shape index (κ2) is 9.31. The summed E-state index contributed by atoms with van der Waals surface area (Å²) < 4.78 is 31.1. The molecular weight excluding hydrogens is 472 g/mol. The third-order valence-electron chi connectivity index (χ3n) is 4.28. The lowest BCUT2D eigenvalue weighted by molar-refractivity contribution is 0.0955. The Morgan fingerprint density at radius 3 is 2.57 bits per heavy atom. The SMILES string of the molecule is COc1ccc(CCNC(=O)c2cn[nH]c2-c2ccc(NS(C)(=O)=O)cc2)cc1Br. The summed E-state index contributed by atoms with van der Waals surface area (Å²) in [5, 5.41) is 9.71. The van der Waals surface area contributed by atoms with Crippen molar-refractivity contribution in [1.82, 2.24) is 15.5 Å². The monoisotopic (exact) mass is 492 g/mol. The van der Waals surface area contributed by atoms with Gasteiger partial charge in [-0.3, -0.25) is 14.6 Å². The zero-order chi connectivity index (χ0) is 21.7. The Kier molecular flexibility index (Phi) is 6.78. The van der Waals surface area contributed by atoms with E-state index in [9.17, 15) is 13.2 Å². The number of benzene rings is 2. The van der Waals surface area contributed by atoms with Crippen molar-refractivity contribution >= 4 is 37.5 Å². The molecular formula is C20H21BrN4O4S. The number of aromatic amines is 1. The number of amides is 1. The molecule has 0 radical (unpaired) electrons. The Hall–Kier alpha value is -2.85. The average molecular weight is 493 g/mol. The summed E-state index contributed by atoms with van der Waals surface area (Å²) in [5.74, 6) is 0.508. The fraction of sp³-hybridized carbons (Fsp3) is 0.200. The van der Waals surface area contributed by atoms with Crippen LogP contribution < -0.4 is 14.8 Å². The predicted octanol–water partition coefficient (Wildman–Crippen LogP) is 3.19. The molecule has 2 aromatic carbocycles. The summed E-state index contributed by atoms with van der Waals surface area (Å²) in [5.41, 5.74) is 3.19. The predicted molar refractivity (Wildman–Crippen MR) is 119 cm³/mol. The number of H-pyrrole nitrogens is 1. The van der Waals surface area contributed by atoms with Crippen LogP contribution in [0.25, 0.3) is 11.3 Å². The number of halogens is 1. The maximum Gasteiger partial charge on any atom is 0.255 e. The molecule has 1 aromatic heterocycles. The van der Waals surface area contributed by atoms with Crippen LogP contribution in [-0.4, -0.2) is 44.4 Å². The lowest BCUT2D eigenvalue weighted by Gasteiger charge is -2.09. The van der Waals surface area contributed by atoms with Gasteiger partial charge >= 0.3 is 0 Å². The average Bonchev–Trinajstić information content (AvgIpc) is 3.17. The highest BCUT2D eigenvalue weighted by Gasteiger charge is 2.15. The van der Waals surface area contributed by atoms with Crippen molar-refractivity contribution < 1.29 is 17.9 Å². The van der Waals surface area contributed by atoms with Crippen LogP contribution in [0.5, 0.6) is 5.75 Å². The molecule has 0 bridgehead atoms. The van der Waals surface area contributed by atoms with Gasteiger partial charge in [-0.25, -0.2) is 8.42 Å². The first-order chi connectivity index (χ1) is 14.3. The minimum Gasteiger partial charge on any atom is -0.496 e. The highest BCUT2D eigenvalue weighted by Crippen LogP contribution is 2.26. The van der Waals surface area contributed by atoms with Crippen molar-refractivity contribution in [3.8, 4) is 17.0 Å². The van der Waals surface area contributed by atoms with E-state index in [1.165, 1.54) is 6.20 Å². The van der Waals surface area contributed by atoms with Gasteiger partial charge in [0, 0.05) is 17.8 Å². The van der Waals surface area contributed by atoms with Crippen LogP contribution in [0.4, 0.5) is 5.69 Å². The molecule has 158 valence electrons. The van der Waals surface area contributed by atoms with Crippen LogP contribution >= 0.6 is 15.9 Å². The van der Waals surface area contributed by atoms with E-state index in [1.807, 2.05) is 18.2 Å². The summed E-state index contributed by atoms with van der Waals surface area (Å²) in [6, 6.07) is 12.5. The number of sulfonamides is 1. The van der Waals surface area contributed by atoms with Gasteiger partial charge < -0.3 is 10.1 Å². The molecule has 0 aliphatic carbocycles. The Bertz CT molecular complexity index is 1140. The van der Waals surface area contributed by atoms with Crippen molar-refractivity contribution in [2.45, 2.75) is 6.42 Å². The number of anilines is 1. The number of methoxy groups -OCH3 is 1. The quantitative estimate of drug-likeness (QED) is 0.446. The number of hydrogen-bond donors (Lipinski definition) is 3. The maximum atomic E-state index is 12.6. The van der Waals surface area contributed by atoms with Crippen LogP contribution in [0, 0.1) is 0 Å². The Morgan fingerprint density at radius 2 is 1.93 bits per heavy atom. The van der Waals surface area contributed by atoms with Crippen molar-refractivity contribution in [2.75, 3.05) is 24.6 Å². The molecule has 30 heavy (non-hydrogen) atoms. The smallest absolute Gasteiger partial charge is 0.255 e. The second-order valence-corrected chi connectivity index (χ2v) is 9.19.